The van der Waals surface area contributed by atoms with Gasteiger partial charge in [-0.05, 0) is 25.3 Å². The molecule has 18 heavy (non-hydrogen) atoms. The van der Waals surface area contributed by atoms with Crippen LogP contribution >= 0.6 is 0 Å². The van der Waals surface area contributed by atoms with Gasteiger partial charge >= 0.3 is 0 Å². The van der Waals surface area contributed by atoms with Gasteiger partial charge in [0.2, 0.25) is 10.0 Å². The van der Waals surface area contributed by atoms with E-state index in [4.69, 9.17) is 0 Å². The Morgan fingerprint density at radius 2 is 2.17 bits per heavy atom. The van der Waals surface area contributed by atoms with Crippen LogP contribution in [0.25, 0.3) is 0 Å². The maximum atomic E-state index is 12.4. The molecule has 1 fully saturated rings. The fourth-order valence-electron chi connectivity index (χ4n) is 2.44. The molecule has 3 rings (SSSR count). The van der Waals surface area contributed by atoms with Crippen molar-refractivity contribution in [2.24, 2.45) is 0 Å². The van der Waals surface area contributed by atoms with Crippen molar-refractivity contribution in [3.05, 3.63) is 18.0 Å². The van der Waals surface area contributed by atoms with E-state index in [0.717, 1.165) is 18.5 Å². The van der Waals surface area contributed by atoms with Gasteiger partial charge in [0.1, 0.15) is 0 Å². The van der Waals surface area contributed by atoms with Crippen LogP contribution in [0.4, 0.5) is 0 Å². The molecule has 0 amide bonds. The van der Waals surface area contributed by atoms with E-state index >= 15 is 0 Å². The molecule has 2 heterocycles. The fourth-order valence-corrected chi connectivity index (χ4v) is 4.45. The molecule has 7 heteroatoms. The third kappa shape index (κ3) is 1.96. The first-order valence-corrected chi connectivity index (χ1v) is 7.75. The van der Waals surface area contributed by atoms with Crippen LogP contribution in [-0.2, 0) is 23.1 Å². The Labute approximate surface area is 106 Å². The second-order valence-corrected chi connectivity index (χ2v) is 7.13. The molecule has 1 aliphatic carbocycles. The Morgan fingerprint density at radius 1 is 1.39 bits per heavy atom. The number of rotatable bonds is 3. The SMILES string of the molecule is O=S(=O)(C1CC1)N1Cc2ccnn2CC[C@@H]1CO. The van der Waals surface area contributed by atoms with E-state index in [-0.39, 0.29) is 17.9 Å². The molecule has 1 atom stereocenters. The van der Waals surface area contributed by atoms with Gasteiger partial charge in [0, 0.05) is 12.7 Å². The molecule has 1 saturated carbocycles. The Hall–Kier alpha value is -0.920. The lowest BCUT2D eigenvalue weighted by Crippen LogP contribution is -2.42. The van der Waals surface area contributed by atoms with E-state index in [9.17, 15) is 13.5 Å². The lowest BCUT2D eigenvalue weighted by atomic mass is 10.2. The number of hydrogen-bond donors (Lipinski definition) is 1. The van der Waals surface area contributed by atoms with Crippen molar-refractivity contribution in [3.63, 3.8) is 0 Å². The highest BCUT2D eigenvalue weighted by Gasteiger charge is 2.43. The maximum Gasteiger partial charge on any atom is 0.217 e. The highest BCUT2D eigenvalue weighted by atomic mass is 32.2. The summed E-state index contributed by atoms with van der Waals surface area (Å²) in [5, 5.41) is 13.4. The van der Waals surface area contributed by atoms with Crippen molar-refractivity contribution in [2.75, 3.05) is 6.61 Å². The third-order valence-electron chi connectivity index (χ3n) is 3.69. The van der Waals surface area contributed by atoms with Crippen molar-refractivity contribution in [2.45, 2.75) is 43.6 Å². The average Bonchev–Trinajstić information content (AvgIpc) is 3.14. The number of hydrogen-bond acceptors (Lipinski definition) is 4. The van der Waals surface area contributed by atoms with Gasteiger partial charge in [0.25, 0.3) is 0 Å². The van der Waals surface area contributed by atoms with Crippen LogP contribution in [0.2, 0.25) is 0 Å². The summed E-state index contributed by atoms with van der Waals surface area (Å²) in [6.45, 7) is 0.852. The van der Waals surface area contributed by atoms with Crippen LogP contribution in [0.1, 0.15) is 25.0 Å². The molecule has 1 aromatic heterocycles. The van der Waals surface area contributed by atoms with E-state index in [2.05, 4.69) is 5.10 Å². The summed E-state index contributed by atoms with van der Waals surface area (Å²) in [4.78, 5) is 0. The Morgan fingerprint density at radius 3 is 2.83 bits per heavy atom. The van der Waals surface area contributed by atoms with E-state index < -0.39 is 10.0 Å². The summed E-state index contributed by atoms with van der Waals surface area (Å²) >= 11 is 0. The van der Waals surface area contributed by atoms with Gasteiger partial charge in [-0.25, -0.2) is 8.42 Å². The van der Waals surface area contributed by atoms with Gasteiger partial charge in [-0.2, -0.15) is 9.40 Å². The zero-order valence-corrected chi connectivity index (χ0v) is 10.9. The Balaban J connectivity index is 1.94. The van der Waals surface area contributed by atoms with E-state index in [0.29, 0.717) is 19.5 Å². The highest BCUT2D eigenvalue weighted by molar-refractivity contribution is 7.90. The van der Waals surface area contributed by atoms with Gasteiger partial charge in [-0.1, -0.05) is 0 Å². The largest absolute Gasteiger partial charge is 0.395 e. The first-order valence-electron chi connectivity index (χ1n) is 6.25. The van der Waals surface area contributed by atoms with Gasteiger partial charge in [-0.3, -0.25) is 4.68 Å². The molecular formula is C11H17N3O3S. The lowest BCUT2D eigenvalue weighted by Gasteiger charge is -2.27. The zero-order chi connectivity index (χ0) is 12.8. The molecule has 0 spiro atoms. The van der Waals surface area contributed by atoms with Gasteiger partial charge < -0.3 is 5.11 Å². The molecule has 1 N–H and O–H groups in total. The predicted molar refractivity (Wildman–Crippen MR) is 65.2 cm³/mol. The number of aliphatic hydroxyl groups is 1. The van der Waals surface area contributed by atoms with Crippen LogP contribution in [0, 0.1) is 0 Å². The zero-order valence-electron chi connectivity index (χ0n) is 10.1. The molecule has 100 valence electrons. The number of fused-ring (bicyclic) bond motifs is 1. The standard InChI is InChI=1S/C11H17N3O3S/c15-8-10-4-6-13-9(3-5-12-13)7-14(10)18(16,17)11-1-2-11/h3,5,10-11,15H,1-2,4,6-8H2/t10-/m1/s1. The van der Waals surface area contributed by atoms with Crippen LogP contribution in [-0.4, -0.2) is 45.5 Å². The van der Waals surface area contributed by atoms with Crippen molar-refractivity contribution < 1.29 is 13.5 Å². The van der Waals surface area contributed by atoms with Gasteiger partial charge in [0.05, 0.1) is 30.1 Å². The second-order valence-electron chi connectivity index (χ2n) is 4.96. The number of sulfonamides is 1. The summed E-state index contributed by atoms with van der Waals surface area (Å²) in [6, 6.07) is 1.52. The predicted octanol–water partition coefficient (Wildman–Crippen LogP) is -0.0581. The van der Waals surface area contributed by atoms with Crippen LogP contribution in [0.15, 0.2) is 12.3 Å². The van der Waals surface area contributed by atoms with Crippen LogP contribution in [0.3, 0.4) is 0 Å². The van der Waals surface area contributed by atoms with Crippen molar-refractivity contribution in [1.82, 2.24) is 14.1 Å². The van der Waals surface area contributed by atoms with E-state index in [1.165, 1.54) is 4.31 Å². The van der Waals surface area contributed by atoms with Crippen molar-refractivity contribution in [3.8, 4) is 0 Å². The highest BCUT2D eigenvalue weighted by Crippen LogP contribution is 2.34. The molecule has 2 aliphatic rings. The minimum Gasteiger partial charge on any atom is -0.395 e. The molecule has 6 nitrogen and oxygen atoms in total. The Bertz CT molecular complexity index is 535. The number of aliphatic hydroxyl groups excluding tert-OH is 1. The smallest absolute Gasteiger partial charge is 0.217 e. The molecular weight excluding hydrogens is 254 g/mol. The third-order valence-corrected chi connectivity index (χ3v) is 6.08. The summed E-state index contributed by atoms with van der Waals surface area (Å²) in [5.41, 5.74) is 0.898. The first-order chi connectivity index (χ1) is 8.63. The van der Waals surface area contributed by atoms with E-state index in [1.807, 2.05) is 10.7 Å². The maximum absolute atomic E-state index is 12.4. The fraction of sp³-hybridized carbons (Fsp3) is 0.727. The topological polar surface area (TPSA) is 75.4 Å². The molecule has 0 aromatic carbocycles. The summed E-state index contributed by atoms with van der Waals surface area (Å²) in [5.74, 6) is 0. The normalized spacial score (nSPS) is 25.7. The Kier molecular flexibility index (Phi) is 2.91. The summed E-state index contributed by atoms with van der Waals surface area (Å²) in [7, 11) is -3.26. The molecule has 1 aliphatic heterocycles. The number of aryl methyl sites for hydroxylation is 1. The first kappa shape index (κ1) is 12.1. The minimum atomic E-state index is -3.26. The molecule has 0 saturated heterocycles. The molecule has 0 unspecified atom stereocenters. The number of nitrogens with zero attached hydrogens (tertiary/aromatic N) is 3. The molecule has 0 radical (unpaired) electrons. The van der Waals surface area contributed by atoms with Crippen LogP contribution in [0.5, 0.6) is 0 Å². The minimum absolute atomic E-state index is 0.128. The quantitative estimate of drug-likeness (QED) is 0.836. The van der Waals surface area contributed by atoms with Gasteiger partial charge in [0.15, 0.2) is 0 Å². The average molecular weight is 271 g/mol. The second kappa shape index (κ2) is 4.32. The molecule has 1 aromatic rings. The van der Waals surface area contributed by atoms with Crippen molar-refractivity contribution in [1.29, 1.82) is 0 Å². The van der Waals surface area contributed by atoms with E-state index in [1.54, 1.807) is 6.20 Å². The molecule has 0 bridgehead atoms. The van der Waals surface area contributed by atoms with Crippen LogP contribution < -0.4 is 0 Å². The number of aromatic nitrogens is 2. The van der Waals surface area contributed by atoms with Gasteiger partial charge in [-0.15, -0.1) is 0 Å². The monoisotopic (exact) mass is 271 g/mol. The summed E-state index contributed by atoms with van der Waals surface area (Å²) < 4.78 is 28.1. The summed E-state index contributed by atoms with van der Waals surface area (Å²) in [6.07, 6.45) is 3.79. The van der Waals surface area contributed by atoms with Crippen molar-refractivity contribution >= 4 is 10.0 Å². The lowest BCUT2D eigenvalue weighted by molar-refractivity contribution is 0.178.